The second kappa shape index (κ2) is 9.37. The number of para-hydroxylation sites is 1. The fourth-order valence-corrected chi connectivity index (χ4v) is 3.83. The van der Waals surface area contributed by atoms with Crippen molar-refractivity contribution < 1.29 is 9.18 Å². The molecule has 5 nitrogen and oxygen atoms in total. The number of halogens is 1. The number of benzene rings is 3. The molecule has 0 aliphatic heterocycles. The Bertz CT molecular complexity index is 1120. The van der Waals surface area contributed by atoms with Crippen LogP contribution in [0.5, 0.6) is 0 Å². The van der Waals surface area contributed by atoms with Crippen molar-refractivity contribution in [3.63, 3.8) is 0 Å². The van der Waals surface area contributed by atoms with Crippen molar-refractivity contribution in [2.75, 3.05) is 11.1 Å². The monoisotopic (exact) mass is 418 g/mol. The summed E-state index contributed by atoms with van der Waals surface area (Å²) in [4.78, 5) is 12.2. The van der Waals surface area contributed by atoms with E-state index in [4.69, 9.17) is 0 Å². The van der Waals surface area contributed by atoms with E-state index in [0.29, 0.717) is 23.2 Å². The SMILES string of the molecule is O=C(CCSc1nnc(-c2ccccc2)n1-c1ccc(F)cc1)Nc1ccccc1. The number of rotatable bonds is 7. The van der Waals surface area contributed by atoms with Gasteiger partial charge in [-0.2, -0.15) is 0 Å². The molecule has 150 valence electrons. The van der Waals surface area contributed by atoms with Gasteiger partial charge in [0.25, 0.3) is 0 Å². The predicted molar refractivity (Wildman–Crippen MR) is 117 cm³/mol. The van der Waals surface area contributed by atoms with Crippen LogP contribution in [0.2, 0.25) is 0 Å². The molecular weight excluding hydrogens is 399 g/mol. The smallest absolute Gasteiger partial charge is 0.225 e. The highest BCUT2D eigenvalue weighted by Gasteiger charge is 2.16. The average molecular weight is 418 g/mol. The van der Waals surface area contributed by atoms with Gasteiger partial charge in [0.05, 0.1) is 0 Å². The third-order valence-electron chi connectivity index (χ3n) is 4.37. The molecule has 0 saturated carbocycles. The first kappa shape index (κ1) is 19.8. The topological polar surface area (TPSA) is 59.8 Å². The highest BCUT2D eigenvalue weighted by Crippen LogP contribution is 2.28. The lowest BCUT2D eigenvalue weighted by Gasteiger charge is -2.10. The summed E-state index contributed by atoms with van der Waals surface area (Å²) in [6, 6.07) is 25.2. The van der Waals surface area contributed by atoms with Gasteiger partial charge in [0, 0.05) is 29.1 Å². The van der Waals surface area contributed by atoms with Gasteiger partial charge < -0.3 is 5.32 Å². The minimum absolute atomic E-state index is 0.0650. The largest absolute Gasteiger partial charge is 0.326 e. The Morgan fingerprint density at radius 1 is 0.900 bits per heavy atom. The molecule has 1 heterocycles. The summed E-state index contributed by atoms with van der Waals surface area (Å²) in [6.45, 7) is 0. The molecule has 7 heteroatoms. The van der Waals surface area contributed by atoms with Crippen LogP contribution in [-0.4, -0.2) is 26.4 Å². The maximum Gasteiger partial charge on any atom is 0.225 e. The predicted octanol–water partition coefficient (Wildman–Crippen LogP) is 5.19. The van der Waals surface area contributed by atoms with Crippen LogP contribution in [0.1, 0.15) is 6.42 Å². The summed E-state index contributed by atoms with van der Waals surface area (Å²) >= 11 is 1.44. The zero-order valence-corrected chi connectivity index (χ0v) is 16.8. The van der Waals surface area contributed by atoms with Gasteiger partial charge in [0.15, 0.2) is 11.0 Å². The minimum atomic E-state index is -0.306. The summed E-state index contributed by atoms with van der Waals surface area (Å²) in [5, 5.41) is 12.2. The van der Waals surface area contributed by atoms with Gasteiger partial charge in [-0.05, 0) is 36.4 Å². The summed E-state index contributed by atoms with van der Waals surface area (Å²) in [5.41, 5.74) is 2.44. The average Bonchev–Trinajstić information content (AvgIpc) is 3.19. The third kappa shape index (κ3) is 4.75. The van der Waals surface area contributed by atoms with E-state index in [9.17, 15) is 9.18 Å². The number of carbonyl (C=O) groups is 1. The van der Waals surface area contributed by atoms with Crippen molar-refractivity contribution >= 4 is 23.4 Å². The Kier molecular flexibility index (Phi) is 6.20. The zero-order chi connectivity index (χ0) is 20.8. The number of thioether (sulfide) groups is 1. The fraction of sp³-hybridized carbons (Fsp3) is 0.0870. The Hall–Kier alpha value is -3.45. The standard InChI is InChI=1S/C23H19FN4OS/c24-18-11-13-20(14-12-18)28-22(17-7-3-1-4-8-17)26-27-23(28)30-16-15-21(29)25-19-9-5-2-6-10-19/h1-14H,15-16H2,(H,25,29). The van der Waals surface area contributed by atoms with Gasteiger partial charge in [-0.25, -0.2) is 4.39 Å². The minimum Gasteiger partial charge on any atom is -0.326 e. The molecule has 0 saturated heterocycles. The molecule has 30 heavy (non-hydrogen) atoms. The molecule has 1 amide bonds. The first-order valence-electron chi connectivity index (χ1n) is 9.45. The van der Waals surface area contributed by atoms with E-state index in [-0.39, 0.29) is 11.7 Å². The van der Waals surface area contributed by atoms with Crippen LogP contribution < -0.4 is 5.32 Å². The maximum atomic E-state index is 13.4. The van der Waals surface area contributed by atoms with Crippen LogP contribution in [0, 0.1) is 5.82 Å². The van der Waals surface area contributed by atoms with Gasteiger partial charge in [0.2, 0.25) is 5.91 Å². The third-order valence-corrected chi connectivity index (χ3v) is 5.30. The van der Waals surface area contributed by atoms with Crippen LogP contribution in [0.3, 0.4) is 0 Å². The second-order valence-corrected chi connectivity index (χ2v) is 7.56. The lowest BCUT2D eigenvalue weighted by molar-refractivity contribution is -0.115. The first-order chi connectivity index (χ1) is 14.7. The first-order valence-corrected chi connectivity index (χ1v) is 10.4. The molecule has 0 aliphatic carbocycles. The van der Waals surface area contributed by atoms with Crippen molar-refractivity contribution in [2.45, 2.75) is 11.6 Å². The number of aromatic nitrogens is 3. The summed E-state index contributed by atoms with van der Waals surface area (Å²) in [6.07, 6.45) is 0.330. The number of nitrogens with zero attached hydrogens (tertiary/aromatic N) is 3. The molecule has 0 fully saturated rings. The highest BCUT2D eigenvalue weighted by atomic mass is 32.2. The molecule has 0 radical (unpaired) electrons. The van der Waals surface area contributed by atoms with Gasteiger partial charge in [-0.1, -0.05) is 60.3 Å². The number of anilines is 1. The summed E-state index contributed by atoms with van der Waals surface area (Å²) in [7, 11) is 0. The van der Waals surface area contributed by atoms with Crippen LogP contribution in [0.4, 0.5) is 10.1 Å². The number of carbonyl (C=O) groups excluding carboxylic acids is 1. The number of amides is 1. The second-order valence-electron chi connectivity index (χ2n) is 6.50. The quantitative estimate of drug-likeness (QED) is 0.420. The van der Waals surface area contributed by atoms with E-state index in [1.807, 2.05) is 65.2 Å². The Morgan fingerprint density at radius 3 is 2.27 bits per heavy atom. The lowest BCUT2D eigenvalue weighted by Crippen LogP contribution is -2.12. The molecule has 1 N–H and O–H groups in total. The Balaban J connectivity index is 1.52. The number of hydrogen-bond donors (Lipinski definition) is 1. The Morgan fingerprint density at radius 2 is 1.57 bits per heavy atom. The fourth-order valence-electron chi connectivity index (χ4n) is 2.94. The van der Waals surface area contributed by atoms with Crippen molar-refractivity contribution in [1.82, 2.24) is 14.8 Å². The molecule has 0 atom stereocenters. The molecule has 0 spiro atoms. The maximum absolute atomic E-state index is 13.4. The summed E-state index contributed by atoms with van der Waals surface area (Å²) in [5.74, 6) is 0.829. The molecule has 4 rings (SSSR count). The van der Waals surface area contributed by atoms with Crippen molar-refractivity contribution in [1.29, 1.82) is 0 Å². The van der Waals surface area contributed by atoms with E-state index in [0.717, 1.165) is 16.9 Å². The molecule has 4 aromatic rings. The summed E-state index contributed by atoms with van der Waals surface area (Å²) < 4.78 is 15.3. The molecule has 1 aromatic heterocycles. The molecule has 3 aromatic carbocycles. The molecule has 0 bridgehead atoms. The number of hydrogen-bond acceptors (Lipinski definition) is 4. The zero-order valence-electron chi connectivity index (χ0n) is 16.0. The van der Waals surface area contributed by atoms with Gasteiger partial charge in [-0.15, -0.1) is 10.2 Å². The van der Waals surface area contributed by atoms with Crippen molar-refractivity contribution in [2.24, 2.45) is 0 Å². The van der Waals surface area contributed by atoms with Crippen LogP contribution in [0.15, 0.2) is 90.1 Å². The van der Waals surface area contributed by atoms with E-state index in [1.165, 1.54) is 23.9 Å². The molecular formula is C23H19FN4OS. The Labute approximate surface area is 178 Å². The van der Waals surface area contributed by atoms with E-state index in [1.54, 1.807) is 12.1 Å². The van der Waals surface area contributed by atoms with E-state index < -0.39 is 0 Å². The van der Waals surface area contributed by atoms with Crippen molar-refractivity contribution in [3.8, 4) is 17.1 Å². The molecule has 0 aliphatic rings. The van der Waals surface area contributed by atoms with Crippen LogP contribution in [0.25, 0.3) is 17.1 Å². The number of nitrogens with one attached hydrogen (secondary N) is 1. The highest BCUT2D eigenvalue weighted by molar-refractivity contribution is 7.99. The van der Waals surface area contributed by atoms with Crippen LogP contribution in [-0.2, 0) is 4.79 Å². The van der Waals surface area contributed by atoms with E-state index >= 15 is 0 Å². The molecule has 0 unspecified atom stereocenters. The van der Waals surface area contributed by atoms with E-state index in [2.05, 4.69) is 15.5 Å². The van der Waals surface area contributed by atoms with Gasteiger partial charge in [0.1, 0.15) is 5.82 Å². The van der Waals surface area contributed by atoms with Crippen molar-refractivity contribution in [3.05, 3.63) is 90.7 Å². The van der Waals surface area contributed by atoms with Crippen LogP contribution >= 0.6 is 11.8 Å². The lowest BCUT2D eigenvalue weighted by atomic mass is 10.2. The van der Waals surface area contributed by atoms with Gasteiger partial charge in [-0.3, -0.25) is 9.36 Å². The van der Waals surface area contributed by atoms with Gasteiger partial charge >= 0.3 is 0 Å². The normalized spacial score (nSPS) is 10.7.